The van der Waals surface area contributed by atoms with E-state index in [0.717, 1.165) is 36.1 Å². The van der Waals surface area contributed by atoms with Crippen LogP contribution in [0, 0.1) is 0 Å². The SMILES string of the molecule is COc1ccc(CCNC(=O)c2cc3c([nH]c2=O)CCC3)cc1OC. The second kappa shape index (κ2) is 7.42. The molecule has 1 aromatic carbocycles. The number of aromatic nitrogens is 1. The van der Waals surface area contributed by atoms with Crippen LogP contribution < -0.4 is 20.3 Å². The Bertz CT molecular complexity index is 842. The van der Waals surface area contributed by atoms with Gasteiger partial charge < -0.3 is 19.8 Å². The summed E-state index contributed by atoms with van der Waals surface area (Å²) in [5.41, 5.74) is 2.93. The Morgan fingerprint density at radius 3 is 2.72 bits per heavy atom. The first-order chi connectivity index (χ1) is 12.1. The van der Waals surface area contributed by atoms with Crippen molar-refractivity contribution in [3.05, 3.63) is 57.0 Å². The van der Waals surface area contributed by atoms with Gasteiger partial charge in [0.2, 0.25) is 0 Å². The van der Waals surface area contributed by atoms with Crippen molar-refractivity contribution in [1.82, 2.24) is 10.3 Å². The molecule has 25 heavy (non-hydrogen) atoms. The number of benzene rings is 1. The van der Waals surface area contributed by atoms with Gasteiger partial charge in [0, 0.05) is 12.2 Å². The van der Waals surface area contributed by atoms with E-state index in [-0.39, 0.29) is 17.0 Å². The highest BCUT2D eigenvalue weighted by Gasteiger charge is 2.17. The molecular weight excluding hydrogens is 320 g/mol. The van der Waals surface area contributed by atoms with Crippen molar-refractivity contribution < 1.29 is 14.3 Å². The van der Waals surface area contributed by atoms with Gasteiger partial charge in [-0.05, 0) is 55.0 Å². The molecule has 0 unspecified atom stereocenters. The van der Waals surface area contributed by atoms with Gasteiger partial charge in [0.15, 0.2) is 11.5 Å². The molecule has 1 aliphatic rings. The van der Waals surface area contributed by atoms with Crippen LogP contribution in [0.5, 0.6) is 11.5 Å². The molecule has 6 heteroatoms. The molecule has 0 radical (unpaired) electrons. The fourth-order valence-electron chi connectivity index (χ4n) is 3.13. The van der Waals surface area contributed by atoms with E-state index in [1.807, 2.05) is 18.2 Å². The average Bonchev–Trinajstić information content (AvgIpc) is 3.07. The number of nitrogens with one attached hydrogen (secondary N) is 2. The van der Waals surface area contributed by atoms with Crippen molar-refractivity contribution in [3.8, 4) is 11.5 Å². The average molecular weight is 342 g/mol. The molecule has 3 rings (SSSR count). The lowest BCUT2D eigenvalue weighted by Crippen LogP contribution is -2.31. The number of pyridine rings is 1. The van der Waals surface area contributed by atoms with Gasteiger partial charge in [-0.2, -0.15) is 0 Å². The number of aromatic amines is 1. The van der Waals surface area contributed by atoms with Gasteiger partial charge in [0.05, 0.1) is 14.2 Å². The molecule has 0 spiro atoms. The highest BCUT2D eigenvalue weighted by Crippen LogP contribution is 2.27. The molecule has 132 valence electrons. The molecule has 6 nitrogen and oxygen atoms in total. The van der Waals surface area contributed by atoms with E-state index in [9.17, 15) is 9.59 Å². The number of carbonyl (C=O) groups is 1. The Morgan fingerprint density at radius 1 is 1.16 bits per heavy atom. The summed E-state index contributed by atoms with van der Waals surface area (Å²) < 4.78 is 10.5. The van der Waals surface area contributed by atoms with E-state index >= 15 is 0 Å². The summed E-state index contributed by atoms with van der Waals surface area (Å²) in [5, 5.41) is 2.81. The Balaban J connectivity index is 1.63. The van der Waals surface area contributed by atoms with E-state index in [2.05, 4.69) is 10.3 Å². The quantitative estimate of drug-likeness (QED) is 0.840. The van der Waals surface area contributed by atoms with Gasteiger partial charge in [-0.1, -0.05) is 6.07 Å². The number of hydrogen-bond donors (Lipinski definition) is 2. The van der Waals surface area contributed by atoms with Gasteiger partial charge in [-0.15, -0.1) is 0 Å². The third-order valence-corrected chi connectivity index (χ3v) is 4.48. The van der Waals surface area contributed by atoms with Crippen molar-refractivity contribution in [1.29, 1.82) is 0 Å². The van der Waals surface area contributed by atoms with Crippen molar-refractivity contribution in [2.24, 2.45) is 0 Å². The van der Waals surface area contributed by atoms with E-state index < -0.39 is 0 Å². The number of ether oxygens (including phenoxy) is 2. The molecule has 1 aromatic heterocycles. The number of carbonyl (C=O) groups excluding carboxylic acids is 1. The van der Waals surface area contributed by atoms with Crippen LogP contribution >= 0.6 is 0 Å². The largest absolute Gasteiger partial charge is 0.493 e. The number of H-pyrrole nitrogens is 1. The first kappa shape index (κ1) is 17.1. The fourth-order valence-corrected chi connectivity index (χ4v) is 3.13. The highest BCUT2D eigenvalue weighted by molar-refractivity contribution is 5.94. The zero-order valence-corrected chi connectivity index (χ0v) is 14.5. The summed E-state index contributed by atoms with van der Waals surface area (Å²) in [4.78, 5) is 27.2. The molecular formula is C19H22N2O4. The lowest BCUT2D eigenvalue weighted by atomic mass is 10.1. The fraction of sp³-hybridized carbons (Fsp3) is 0.368. The molecule has 0 fully saturated rings. The lowest BCUT2D eigenvalue weighted by molar-refractivity contribution is 0.0952. The van der Waals surface area contributed by atoms with Crippen LogP contribution in [-0.2, 0) is 19.3 Å². The van der Waals surface area contributed by atoms with Crippen LogP contribution in [0.2, 0.25) is 0 Å². The van der Waals surface area contributed by atoms with E-state index in [1.54, 1.807) is 20.3 Å². The molecule has 2 aromatic rings. The molecule has 0 saturated carbocycles. The van der Waals surface area contributed by atoms with E-state index in [0.29, 0.717) is 24.5 Å². The Kier molecular flexibility index (Phi) is 5.07. The number of fused-ring (bicyclic) bond motifs is 1. The zero-order valence-electron chi connectivity index (χ0n) is 14.5. The van der Waals surface area contributed by atoms with Crippen molar-refractivity contribution in [2.45, 2.75) is 25.7 Å². The predicted molar refractivity (Wildman–Crippen MR) is 94.7 cm³/mol. The maximum absolute atomic E-state index is 12.3. The molecule has 1 aliphatic carbocycles. The maximum atomic E-state index is 12.3. The van der Waals surface area contributed by atoms with Gasteiger partial charge in [-0.3, -0.25) is 9.59 Å². The van der Waals surface area contributed by atoms with E-state index in [1.165, 1.54) is 0 Å². The Hall–Kier alpha value is -2.76. The number of methoxy groups -OCH3 is 2. The number of rotatable bonds is 6. The van der Waals surface area contributed by atoms with Crippen molar-refractivity contribution in [2.75, 3.05) is 20.8 Å². The Morgan fingerprint density at radius 2 is 1.96 bits per heavy atom. The number of hydrogen-bond acceptors (Lipinski definition) is 4. The van der Waals surface area contributed by atoms with Crippen LogP contribution in [0.3, 0.4) is 0 Å². The topological polar surface area (TPSA) is 80.4 Å². The van der Waals surface area contributed by atoms with Crippen LogP contribution in [0.1, 0.15) is 33.6 Å². The normalized spacial score (nSPS) is 12.6. The van der Waals surface area contributed by atoms with Gasteiger partial charge >= 0.3 is 0 Å². The van der Waals surface area contributed by atoms with Gasteiger partial charge in [0.25, 0.3) is 11.5 Å². The molecule has 2 N–H and O–H groups in total. The van der Waals surface area contributed by atoms with Crippen molar-refractivity contribution in [3.63, 3.8) is 0 Å². The maximum Gasteiger partial charge on any atom is 0.261 e. The number of amides is 1. The Labute approximate surface area is 146 Å². The highest BCUT2D eigenvalue weighted by atomic mass is 16.5. The summed E-state index contributed by atoms with van der Waals surface area (Å²) in [7, 11) is 3.18. The van der Waals surface area contributed by atoms with Crippen LogP contribution in [-0.4, -0.2) is 31.7 Å². The van der Waals surface area contributed by atoms with Gasteiger partial charge in [-0.25, -0.2) is 0 Å². The third kappa shape index (κ3) is 3.68. The molecule has 0 atom stereocenters. The molecule has 0 bridgehead atoms. The summed E-state index contributed by atoms with van der Waals surface area (Å²) in [6, 6.07) is 7.37. The standard InChI is InChI=1S/C19H22N2O4/c1-24-16-7-6-12(10-17(16)25-2)8-9-20-18(22)14-11-13-4-3-5-15(13)21-19(14)23/h6-7,10-11H,3-5,8-9H2,1-2H3,(H,20,22)(H,21,23). The first-order valence-electron chi connectivity index (χ1n) is 8.36. The second-order valence-corrected chi connectivity index (χ2v) is 6.06. The van der Waals surface area contributed by atoms with Crippen molar-refractivity contribution >= 4 is 5.91 Å². The smallest absolute Gasteiger partial charge is 0.261 e. The van der Waals surface area contributed by atoms with Crippen LogP contribution in [0.4, 0.5) is 0 Å². The minimum absolute atomic E-state index is 0.188. The second-order valence-electron chi connectivity index (χ2n) is 6.06. The summed E-state index contributed by atoms with van der Waals surface area (Å²) in [6.45, 7) is 0.435. The summed E-state index contributed by atoms with van der Waals surface area (Å²) >= 11 is 0. The number of aryl methyl sites for hydroxylation is 2. The third-order valence-electron chi connectivity index (χ3n) is 4.48. The predicted octanol–water partition coefficient (Wildman–Crippen LogP) is 1.85. The summed E-state index contributed by atoms with van der Waals surface area (Å²) in [6.07, 6.45) is 3.45. The molecule has 0 saturated heterocycles. The first-order valence-corrected chi connectivity index (χ1v) is 8.36. The molecule has 1 heterocycles. The molecule has 1 amide bonds. The summed E-state index contributed by atoms with van der Waals surface area (Å²) in [5.74, 6) is 0.984. The minimum atomic E-state index is -0.337. The van der Waals surface area contributed by atoms with E-state index in [4.69, 9.17) is 9.47 Å². The van der Waals surface area contributed by atoms with Crippen LogP contribution in [0.25, 0.3) is 0 Å². The zero-order chi connectivity index (χ0) is 17.8. The lowest BCUT2D eigenvalue weighted by Gasteiger charge is -2.10. The molecule has 0 aliphatic heterocycles. The van der Waals surface area contributed by atoms with Crippen LogP contribution in [0.15, 0.2) is 29.1 Å². The van der Waals surface area contributed by atoms with Gasteiger partial charge in [0.1, 0.15) is 5.56 Å². The monoisotopic (exact) mass is 342 g/mol. The minimum Gasteiger partial charge on any atom is -0.493 e.